The molecule has 0 spiro atoms. The molecule has 6 nitrogen and oxygen atoms in total. The van der Waals surface area contributed by atoms with Gasteiger partial charge >= 0.3 is 0 Å². The van der Waals surface area contributed by atoms with Crippen molar-refractivity contribution < 1.29 is 33.1 Å². The van der Waals surface area contributed by atoms with E-state index in [2.05, 4.69) is 148 Å². The van der Waals surface area contributed by atoms with Gasteiger partial charge in [-0.05, 0) is 98.5 Å². The van der Waals surface area contributed by atoms with Gasteiger partial charge in [-0.25, -0.2) is 4.98 Å². The van der Waals surface area contributed by atoms with E-state index in [1.54, 1.807) is 12.4 Å². The van der Waals surface area contributed by atoms with Gasteiger partial charge in [0.15, 0.2) is 0 Å². The van der Waals surface area contributed by atoms with Crippen LogP contribution in [0.2, 0.25) is 0 Å². The molecule has 0 bridgehead atoms. The first-order chi connectivity index (χ1) is 29.4. The van der Waals surface area contributed by atoms with E-state index in [1.807, 2.05) is 72.5 Å². The summed E-state index contributed by atoms with van der Waals surface area (Å²) < 4.78 is 30.7. The van der Waals surface area contributed by atoms with Crippen LogP contribution in [-0.2, 0) is 38.3 Å². The van der Waals surface area contributed by atoms with Gasteiger partial charge < -0.3 is 18.9 Å². The van der Waals surface area contributed by atoms with Crippen LogP contribution < -0.4 is 9.30 Å². The second-order valence-electron chi connectivity index (χ2n) is 18.7. The molecule has 5 aromatic carbocycles. The average Bonchev–Trinajstić information content (AvgIpc) is 3.78. The molecule has 61 heavy (non-hydrogen) atoms. The van der Waals surface area contributed by atoms with Gasteiger partial charge in [-0.3, -0.25) is 4.57 Å². The van der Waals surface area contributed by atoms with Crippen LogP contribution in [-0.4, -0.2) is 19.1 Å². The Labute approximate surface area is 377 Å². The van der Waals surface area contributed by atoms with Crippen LogP contribution in [0.15, 0.2) is 134 Å². The molecule has 0 fully saturated rings. The van der Waals surface area contributed by atoms with Crippen molar-refractivity contribution in [2.24, 2.45) is 5.41 Å². The molecule has 310 valence electrons. The third-order valence-electron chi connectivity index (χ3n) is 10.8. The zero-order chi connectivity index (χ0) is 43.8. The summed E-state index contributed by atoms with van der Waals surface area (Å²) in [4.78, 5) is 9.53. The molecular formula is C54H51N5OPt-2. The van der Waals surface area contributed by atoms with Gasteiger partial charge in [0.2, 0.25) is 0 Å². The van der Waals surface area contributed by atoms with Crippen LogP contribution in [0.5, 0.6) is 11.5 Å². The minimum atomic E-state index is -1.56. The van der Waals surface area contributed by atoms with Crippen molar-refractivity contribution in [1.82, 2.24) is 19.1 Å². The first-order valence-electron chi connectivity index (χ1n) is 21.6. The third-order valence-corrected chi connectivity index (χ3v) is 10.8. The van der Waals surface area contributed by atoms with Gasteiger partial charge in [-0.1, -0.05) is 146 Å². The Morgan fingerprint density at radius 1 is 0.672 bits per heavy atom. The summed E-state index contributed by atoms with van der Waals surface area (Å²) >= 11 is 0. The maximum Gasteiger partial charge on any atom is 0.268 e. The first-order valence-corrected chi connectivity index (χ1v) is 20.6. The summed E-state index contributed by atoms with van der Waals surface area (Å²) in [6.45, 7) is 19.0. The van der Waals surface area contributed by atoms with E-state index in [1.165, 1.54) is 11.1 Å². The Hall–Kier alpha value is -5.84. The quantitative estimate of drug-likeness (QED) is 0.118. The molecule has 0 aliphatic carbocycles. The zero-order valence-electron chi connectivity index (χ0n) is 38.2. The summed E-state index contributed by atoms with van der Waals surface area (Å²) in [5, 5.41) is 2.14. The molecule has 9 aromatic rings. The molecule has 0 radical (unpaired) electrons. The Kier molecular flexibility index (Phi) is 10.2. The number of hydrogen-bond donors (Lipinski definition) is 0. The molecule has 0 amide bonds. The fourth-order valence-corrected chi connectivity index (χ4v) is 7.79. The number of ether oxygens (including phenoxy) is 1. The fourth-order valence-electron chi connectivity index (χ4n) is 7.79. The number of pyridine rings is 2. The summed E-state index contributed by atoms with van der Waals surface area (Å²) in [7, 11) is 0. The van der Waals surface area contributed by atoms with Gasteiger partial charge in [0.05, 0.1) is 16.7 Å². The van der Waals surface area contributed by atoms with E-state index in [0.717, 1.165) is 55.5 Å². The Balaban J connectivity index is 0.00000544. The Morgan fingerprint density at radius 3 is 2.20 bits per heavy atom. The Bertz CT molecular complexity index is 3150. The third kappa shape index (κ3) is 8.44. The molecule has 0 saturated carbocycles. The SMILES string of the molecule is [2H]C([2H])(c1cccc(-[n+]2[c-]n(-c3[c-]c(Oc4[c-]c5c(cc4)c4cc(-c6ccccc6)ccc4n5-c4cc(C(C)(C)C)ccn4)cnc3)c3cc(C(C)(C)C)ccc32)c1)C(C)(C)C.[Pt]. The smallest absolute Gasteiger partial charge is 0.268 e. The minimum Gasteiger partial charge on any atom is -0.508 e. The van der Waals surface area contributed by atoms with Gasteiger partial charge in [0.1, 0.15) is 5.82 Å². The number of nitrogens with zero attached hydrogens (tertiary/aromatic N) is 5. The maximum atomic E-state index is 9.00. The molecule has 0 aliphatic rings. The van der Waals surface area contributed by atoms with E-state index in [9.17, 15) is 0 Å². The zero-order valence-corrected chi connectivity index (χ0v) is 38.4. The van der Waals surface area contributed by atoms with Gasteiger partial charge in [0.25, 0.3) is 6.33 Å². The van der Waals surface area contributed by atoms with Crippen molar-refractivity contribution in [3.63, 3.8) is 0 Å². The summed E-state index contributed by atoms with van der Waals surface area (Å²) in [6, 6.07) is 46.6. The van der Waals surface area contributed by atoms with Crippen LogP contribution in [0.1, 0.15) is 81.7 Å². The molecule has 0 unspecified atom stereocenters. The molecule has 9 rings (SSSR count). The van der Waals surface area contributed by atoms with Crippen molar-refractivity contribution in [3.8, 4) is 39.8 Å². The molecule has 0 saturated heterocycles. The van der Waals surface area contributed by atoms with Crippen LogP contribution >= 0.6 is 0 Å². The fraction of sp³-hybridized carbons (Fsp3) is 0.241. The van der Waals surface area contributed by atoms with E-state index >= 15 is 0 Å². The summed E-state index contributed by atoms with van der Waals surface area (Å²) in [5.74, 6) is 1.75. The van der Waals surface area contributed by atoms with Gasteiger partial charge in [0, 0.05) is 47.0 Å². The largest absolute Gasteiger partial charge is 0.508 e. The second-order valence-corrected chi connectivity index (χ2v) is 18.7. The topological polar surface area (TPSA) is 48.8 Å². The number of rotatable bonds is 7. The number of hydrogen-bond acceptors (Lipinski definition) is 3. The molecule has 0 atom stereocenters. The van der Waals surface area contributed by atoms with Crippen molar-refractivity contribution in [1.29, 1.82) is 0 Å². The molecular weight excluding hydrogens is 930 g/mol. The first kappa shape index (κ1) is 39.3. The van der Waals surface area contributed by atoms with Crippen LogP contribution in [0.25, 0.3) is 61.2 Å². The van der Waals surface area contributed by atoms with Crippen LogP contribution in [0, 0.1) is 23.9 Å². The molecule has 4 aromatic heterocycles. The van der Waals surface area contributed by atoms with Crippen molar-refractivity contribution >= 4 is 32.8 Å². The van der Waals surface area contributed by atoms with Crippen LogP contribution in [0.3, 0.4) is 0 Å². The number of benzene rings is 5. The van der Waals surface area contributed by atoms with Gasteiger partial charge in [-0.2, -0.15) is 6.07 Å². The predicted molar refractivity (Wildman–Crippen MR) is 244 cm³/mol. The Morgan fingerprint density at radius 2 is 1.44 bits per heavy atom. The maximum absolute atomic E-state index is 9.00. The molecule has 0 N–H and O–H groups in total. The van der Waals surface area contributed by atoms with Crippen LogP contribution in [0.4, 0.5) is 0 Å². The molecule has 7 heteroatoms. The molecule has 0 aliphatic heterocycles. The van der Waals surface area contributed by atoms with E-state index in [4.69, 9.17) is 12.5 Å². The van der Waals surface area contributed by atoms with Crippen molar-refractivity contribution in [2.75, 3.05) is 0 Å². The normalized spacial score (nSPS) is 13.0. The number of fused-ring (bicyclic) bond motifs is 4. The second kappa shape index (κ2) is 15.9. The average molecular weight is 983 g/mol. The molecule has 4 heterocycles. The monoisotopic (exact) mass is 982 g/mol. The van der Waals surface area contributed by atoms with Gasteiger partial charge in [-0.15, -0.1) is 23.6 Å². The van der Waals surface area contributed by atoms with E-state index < -0.39 is 11.8 Å². The summed E-state index contributed by atoms with van der Waals surface area (Å²) in [5.41, 5.74) is 9.64. The summed E-state index contributed by atoms with van der Waals surface area (Å²) in [6.07, 6.45) is 7.32. The number of imidazole rings is 1. The van der Waals surface area contributed by atoms with Crippen molar-refractivity contribution in [3.05, 3.63) is 169 Å². The number of aromatic nitrogens is 5. The van der Waals surface area contributed by atoms with Crippen molar-refractivity contribution in [2.45, 2.75) is 79.5 Å². The standard InChI is InChI=1S/C54H51N5O.Pt/c1-52(2,3)32-36-14-13-17-41(26-36)57-35-58(50-28-39(53(4,5)6)19-23-48(50)57)42-30-44(34-55-33-42)60-43-20-21-45-46-27-38(37-15-11-10-12-16-37)18-22-47(46)59(49(45)31-43)51-29-40(24-25-56-51)54(7,8)9;/h10-29,33-34H,32H2,1-9H3;/q-2;/i32D2;. The van der Waals surface area contributed by atoms with E-state index in [-0.39, 0.29) is 31.9 Å². The minimum absolute atomic E-state index is 0. The van der Waals surface area contributed by atoms with E-state index in [0.29, 0.717) is 22.7 Å². The predicted octanol–water partition coefficient (Wildman–Crippen LogP) is 12.8.